The number of likely N-dealkylation sites (tertiary alicyclic amines) is 1. The molecular formula is C22H21ClN2O3. The molecule has 0 N–H and O–H groups in total. The smallest absolute Gasteiger partial charge is 0.278 e. The van der Waals surface area contributed by atoms with Gasteiger partial charge in [-0.15, -0.1) is 0 Å². The van der Waals surface area contributed by atoms with Gasteiger partial charge in [0, 0.05) is 18.1 Å². The van der Waals surface area contributed by atoms with Crippen molar-refractivity contribution in [2.75, 3.05) is 20.2 Å². The summed E-state index contributed by atoms with van der Waals surface area (Å²) in [5.41, 5.74) is 2.59. The normalized spacial score (nSPS) is 17.1. The number of carbonyl (C=O) groups excluding carboxylic acids is 2. The Balaban J connectivity index is 1.71. The van der Waals surface area contributed by atoms with Crippen LogP contribution < -0.4 is 4.74 Å². The first-order chi connectivity index (χ1) is 13.6. The van der Waals surface area contributed by atoms with Gasteiger partial charge < -0.3 is 9.64 Å². The Bertz CT molecular complexity index is 929. The largest absolute Gasteiger partial charge is 0.497 e. The highest BCUT2D eigenvalue weighted by molar-refractivity contribution is 6.35. The second-order valence-corrected chi connectivity index (χ2v) is 7.41. The molecular weight excluding hydrogens is 376 g/mol. The summed E-state index contributed by atoms with van der Waals surface area (Å²) >= 11 is 5.95. The number of halogens is 1. The molecule has 2 heterocycles. The topological polar surface area (TPSA) is 49.9 Å². The van der Waals surface area contributed by atoms with Gasteiger partial charge in [0.1, 0.15) is 11.4 Å². The average Bonchev–Trinajstić information content (AvgIpc) is 3.32. The zero-order chi connectivity index (χ0) is 19.7. The van der Waals surface area contributed by atoms with Gasteiger partial charge in [-0.05, 0) is 48.2 Å². The summed E-state index contributed by atoms with van der Waals surface area (Å²) in [6, 6.07) is 14.5. The summed E-state index contributed by atoms with van der Waals surface area (Å²) in [6.45, 7) is 1.82. The minimum atomic E-state index is -0.257. The number of carbonyl (C=O) groups is 2. The molecule has 0 atom stereocenters. The van der Waals surface area contributed by atoms with Crippen LogP contribution in [-0.4, -0.2) is 41.8 Å². The predicted octanol–water partition coefficient (Wildman–Crippen LogP) is 3.72. The molecule has 144 valence electrons. The monoisotopic (exact) mass is 396 g/mol. The van der Waals surface area contributed by atoms with E-state index in [-0.39, 0.29) is 18.4 Å². The highest BCUT2D eigenvalue weighted by Crippen LogP contribution is 2.34. The molecule has 1 saturated heterocycles. The molecule has 0 radical (unpaired) electrons. The fourth-order valence-electron chi connectivity index (χ4n) is 3.73. The van der Waals surface area contributed by atoms with Crippen LogP contribution in [0, 0.1) is 0 Å². The summed E-state index contributed by atoms with van der Waals surface area (Å²) in [7, 11) is 1.60. The molecule has 2 aromatic carbocycles. The fraction of sp³-hybridized carbons (Fsp3) is 0.273. The fourth-order valence-corrected chi connectivity index (χ4v) is 3.86. The first-order valence-electron chi connectivity index (χ1n) is 9.33. The van der Waals surface area contributed by atoms with Crippen molar-refractivity contribution >= 4 is 29.0 Å². The SMILES string of the molecule is COc1ccc(C2=C(N3CCCC3)C(=O)N(Cc3ccc(Cl)cc3)C2=O)cc1. The van der Waals surface area contributed by atoms with E-state index < -0.39 is 0 Å². The zero-order valence-corrected chi connectivity index (χ0v) is 16.4. The average molecular weight is 397 g/mol. The number of ether oxygens (including phenoxy) is 1. The van der Waals surface area contributed by atoms with E-state index in [9.17, 15) is 9.59 Å². The lowest BCUT2D eigenvalue weighted by molar-refractivity contribution is -0.138. The first kappa shape index (κ1) is 18.6. The summed E-state index contributed by atoms with van der Waals surface area (Å²) < 4.78 is 5.22. The Morgan fingerprint density at radius 1 is 0.929 bits per heavy atom. The number of rotatable bonds is 5. The molecule has 2 amide bonds. The molecule has 0 unspecified atom stereocenters. The molecule has 0 spiro atoms. The number of hydrogen-bond donors (Lipinski definition) is 0. The molecule has 2 aliphatic rings. The molecule has 0 bridgehead atoms. The van der Waals surface area contributed by atoms with Crippen LogP contribution in [0.5, 0.6) is 5.75 Å². The number of benzene rings is 2. The number of methoxy groups -OCH3 is 1. The van der Waals surface area contributed by atoms with Crippen LogP contribution in [0.2, 0.25) is 5.02 Å². The van der Waals surface area contributed by atoms with E-state index in [4.69, 9.17) is 16.3 Å². The third-order valence-electron chi connectivity index (χ3n) is 5.20. The lowest BCUT2D eigenvalue weighted by Gasteiger charge is -2.20. The van der Waals surface area contributed by atoms with Crippen molar-refractivity contribution < 1.29 is 14.3 Å². The Labute approximate surface area is 169 Å². The van der Waals surface area contributed by atoms with E-state index in [0.29, 0.717) is 22.0 Å². The Hall–Kier alpha value is -2.79. The molecule has 0 aliphatic carbocycles. The molecule has 4 rings (SSSR count). The van der Waals surface area contributed by atoms with Gasteiger partial charge in [0.15, 0.2) is 0 Å². The number of amides is 2. The molecule has 6 heteroatoms. The minimum Gasteiger partial charge on any atom is -0.497 e. The first-order valence-corrected chi connectivity index (χ1v) is 9.70. The Kier molecular flexibility index (Phi) is 5.09. The quantitative estimate of drug-likeness (QED) is 0.723. The molecule has 2 aliphatic heterocycles. The third-order valence-corrected chi connectivity index (χ3v) is 5.45. The maximum atomic E-state index is 13.3. The molecule has 0 aromatic heterocycles. The third kappa shape index (κ3) is 3.38. The van der Waals surface area contributed by atoms with Gasteiger partial charge >= 0.3 is 0 Å². The Morgan fingerprint density at radius 2 is 1.57 bits per heavy atom. The van der Waals surface area contributed by atoms with Crippen LogP contribution in [-0.2, 0) is 16.1 Å². The van der Waals surface area contributed by atoms with Gasteiger partial charge in [-0.3, -0.25) is 14.5 Å². The number of hydrogen-bond acceptors (Lipinski definition) is 4. The molecule has 5 nitrogen and oxygen atoms in total. The van der Waals surface area contributed by atoms with Crippen molar-refractivity contribution in [1.82, 2.24) is 9.80 Å². The summed E-state index contributed by atoms with van der Waals surface area (Å²) in [5, 5.41) is 0.623. The number of nitrogens with zero attached hydrogens (tertiary/aromatic N) is 2. The zero-order valence-electron chi connectivity index (χ0n) is 15.7. The van der Waals surface area contributed by atoms with E-state index in [2.05, 4.69) is 0 Å². The highest BCUT2D eigenvalue weighted by atomic mass is 35.5. The van der Waals surface area contributed by atoms with Crippen LogP contribution >= 0.6 is 11.6 Å². The molecule has 28 heavy (non-hydrogen) atoms. The van der Waals surface area contributed by atoms with Crippen molar-refractivity contribution in [3.63, 3.8) is 0 Å². The van der Waals surface area contributed by atoms with Crippen molar-refractivity contribution in [3.05, 3.63) is 70.4 Å². The molecule has 1 fully saturated rings. The van der Waals surface area contributed by atoms with E-state index in [1.54, 1.807) is 19.2 Å². The van der Waals surface area contributed by atoms with E-state index in [0.717, 1.165) is 37.1 Å². The second-order valence-electron chi connectivity index (χ2n) is 6.97. The van der Waals surface area contributed by atoms with E-state index in [1.807, 2.05) is 41.3 Å². The lowest BCUT2D eigenvalue weighted by Crippen LogP contribution is -2.34. The number of imide groups is 1. The van der Waals surface area contributed by atoms with Gasteiger partial charge in [-0.1, -0.05) is 35.9 Å². The Morgan fingerprint density at radius 3 is 2.18 bits per heavy atom. The van der Waals surface area contributed by atoms with E-state index in [1.165, 1.54) is 4.90 Å². The van der Waals surface area contributed by atoms with Crippen LogP contribution in [0.15, 0.2) is 54.2 Å². The minimum absolute atomic E-state index is 0.228. The molecule has 0 saturated carbocycles. The predicted molar refractivity (Wildman–Crippen MR) is 108 cm³/mol. The van der Waals surface area contributed by atoms with Crippen LogP contribution in [0.1, 0.15) is 24.0 Å². The van der Waals surface area contributed by atoms with Crippen molar-refractivity contribution in [3.8, 4) is 5.75 Å². The van der Waals surface area contributed by atoms with Crippen LogP contribution in [0.4, 0.5) is 0 Å². The van der Waals surface area contributed by atoms with Gasteiger partial charge in [0.05, 0.1) is 19.2 Å². The van der Waals surface area contributed by atoms with Gasteiger partial charge in [-0.2, -0.15) is 0 Å². The maximum Gasteiger partial charge on any atom is 0.278 e. The molecule has 2 aromatic rings. The maximum absolute atomic E-state index is 13.3. The van der Waals surface area contributed by atoms with Gasteiger partial charge in [0.25, 0.3) is 11.8 Å². The highest BCUT2D eigenvalue weighted by Gasteiger charge is 2.42. The van der Waals surface area contributed by atoms with Crippen molar-refractivity contribution in [2.45, 2.75) is 19.4 Å². The van der Waals surface area contributed by atoms with Crippen LogP contribution in [0.25, 0.3) is 5.57 Å². The standard InChI is InChI=1S/C22H21ClN2O3/c1-28-18-10-6-16(7-11-18)19-20(24-12-2-3-13-24)22(27)25(21(19)26)14-15-4-8-17(23)9-5-15/h4-11H,2-3,12-14H2,1H3. The van der Waals surface area contributed by atoms with Gasteiger partial charge in [-0.25, -0.2) is 0 Å². The van der Waals surface area contributed by atoms with Crippen LogP contribution in [0.3, 0.4) is 0 Å². The summed E-state index contributed by atoms with van der Waals surface area (Å²) in [6.07, 6.45) is 2.05. The second kappa shape index (κ2) is 7.68. The van der Waals surface area contributed by atoms with Crippen molar-refractivity contribution in [2.24, 2.45) is 0 Å². The summed E-state index contributed by atoms with van der Waals surface area (Å²) in [4.78, 5) is 29.9. The summed E-state index contributed by atoms with van der Waals surface area (Å²) in [5.74, 6) is 0.224. The van der Waals surface area contributed by atoms with Crippen molar-refractivity contribution in [1.29, 1.82) is 0 Å². The van der Waals surface area contributed by atoms with E-state index >= 15 is 0 Å². The lowest BCUT2D eigenvalue weighted by atomic mass is 10.0. The van der Waals surface area contributed by atoms with Gasteiger partial charge in [0.2, 0.25) is 0 Å².